The summed E-state index contributed by atoms with van der Waals surface area (Å²) in [5.41, 5.74) is 1.50. The van der Waals surface area contributed by atoms with E-state index in [1.165, 1.54) is 18.5 Å². The summed E-state index contributed by atoms with van der Waals surface area (Å²) in [4.78, 5) is 32.1. The van der Waals surface area contributed by atoms with Gasteiger partial charge in [0.25, 0.3) is 12.3 Å². The van der Waals surface area contributed by atoms with E-state index >= 15 is 0 Å². The summed E-state index contributed by atoms with van der Waals surface area (Å²) in [5.74, 6) is -0.365. The largest absolute Gasteiger partial charge is 0.471 e. The monoisotopic (exact) mass is 411 g/mol. The van der Waals surface area contributed by atoms with E-state index in [1.807, 2.05) is 6.92 Å². The number of rotatable bonds is 10. The molecule has 0 fully saturated rings. The predicted octanol–water partition coefficient (Wildman–Crippen LogP) is 3.62. The van der Waals surface area contributed by atoms with Crippen LogP contribution in [0.25, 0.3) is 0 Å². The van der Waals surface area contributed by atoms with Gasteiger partial charge in [0.2, 0.25) is 5.88 Å². The van der Waals surface area contributed by atoms with Gasteiger partial charge in [0.15, 0.2) is 6.61 Å². The molecule has 0 unspecified atom stereocenters. The zero-order chi connectivity index (χ0) is 20.5. The summed E-state index contributed by atoms with van der Waals surface area (Å²) in [6, 6.07) is 4.61. The smallest absolute Gasteiger partial charge is 0.272 e. The van der Waals surface area contributed by atoms with Crippen LogP contribution in [0.1, 0.15) is 41.4 Å². The SMILES string of the molecule is CCCC(=O)Cc1cc(C(=O)NCc2cnc(OCC(F)F)c(Cl)c2)ccn1. The van der Waals surface area contributed by atoms with Crippen molar-refractivity contribution in [1.29, 1.82) is 0 Å². The number of hydrogen-bond acceptors (Lipinski definition) is 5. The van der Waals surface area contributed by atoms with Gasteiger partial charge in [-0.25, -0.2) is 13.8 Å². The third-order valence-electron chi connectivity index (χ3n) is 3.65. The Hall–Kier alpha value is -2.61. The van der Waals surface area contributed by atoms with Gasteiger partial charge in [-0.2, -0.15) is 0 Å². The molecule has 0 spiro atoms. The molecule has 28 heavy (non-hydrogen) atoms. The van der Waals surface area contributed by atoms with Crippen molar-refractivity contribution in [3.63, 3.8) is 0 Å². The Morgan fingerprint density at radius 3 is 2.75 bits per heavy atom. The second kappa shape index (κ2) is 10.7. The maximum atomic E-state index is 12.3. The van der Waals surface area contributed by atoms with Crippen LogP contribution in [0.5, 0.6) is 5.88 Å². The van der Waals surface area contributed by atoms with E-state index < -0.39 is 13.0 Å². The van der Waals surface area contributed by atoms with Crippen molar-refractivity contribution in [3.05, 3.63) is 52.4 Å². The number of carbonyl (C=O) groups is 2. The first kappa shape index (κ1) is 21.7. The van der Waals surface area contributed by atoms with Crippen molar-refractivity contribution in [3.8, 4) is 5.88 Å². The molecule has 2 heterocycles. The molecule has 0 aliphatic rings. The molecule has 2 aromatic heterocycles. The van der Waals surface area contributed by atoms with E-state index in [0.717, 1.165) is 6.42 Å². The maximum Gasteiger partial charge on any atom is 0.272 e. The summed E-state index contributed by atoms with van der Waals surface area (Å²) in [5, 5.41) is 2.78. The van der Waals surface area contributed by atoms with Crippen LogP contribution in [0, 0.1) is 0 Å². The molecule has 1 amide bonds. The molecule has 2 rings (SSSR count). The number of ketones is 1. The molecule has 2 aromatic rings. The molecule has 0 aliphatic heterocycles. The van der Waals surface area contributed by atoms with Crippen LogP contribution >= 0.6 is 11.6 Å². The molecule has 0 saturated carbocycles. The summed E-state index contributed by atoms with van der Waals surface area (Å²) in [6.07, 6.45) is 1.67. The Morgan fingerprint density at radius 1 is 1.29 bits per heavy atom. The van der Waals surface area contributed by atoms with Gasteiger partial charge in [-0.3, -0.25) is 14.6 Å². The lowest BCUT2D eigenvalue weighted by molar-refractivity contribution is -0.118. The first-order valence-corrected chi connectivity index (χ1v) is 9.07. The second-order valence-electron chi connectivity index (χ2n) is 6.02. The Morgan fingerprint density at radius 2 is 2.07 bits per heavy atom. The highest BCUT2D eigenvalue weighted by molar-refractivity contribution is 6.31. The van der Waals surface area contributed by atoms with Crippen LogP contribution in [0.2, 0.25) is 5.02 Å². The molecule has 0 atom stereocenters. The number of nitrogens with one attached hydrogen (secondary N) is 1. The summed E-state index contributed by atoms with van der Waals surface area (Å²) in [7, 11) is 0. The van der Waals surface area contributed by atoms with Crippen LogP contribution in [-0.4, -0.2) is 34.7 Å². The van der Waals surface area contributed by atoms with Gasteiger partial charge in [-0.15, -0.1) is 0 Å². The van der Waals surface area contributed by atoms with Gasteiger partial charge in [0.1, 0.15) is 10.8 Å². The molecule has 0 aliphatic carbocycles. The van der Waals surface area contributed by atoms with Crippen LogP contribution in [0.3, 0.4) is 0 Å². The average molecular weight is 412 g/mol. The fourth-order valence-electron chi connectivity index (χ4n) is 2.38. The Bertz CT molecular complexity index is 834. The Labute approximate surface area is 166 Å². The molecular formula is C19H20ClF2N3O3. The quantitative estimate of drug-likeness (QED) is 0.645. The van der Waals surface area contributed by atoms with E-state index in [4.69, 9.17) is 16.3 Å². The van der Waals surface area contributed by atoms with Gasteiger partial charge < -0.3 is 10.1 Å². The molecule has 9 heteroatoms. The summed E-state index contributed by atoms with van der Waals surface area (Å²) in [6.45, 7) is 1.26. The highest BCUT2D eigenvalue weighted by Crippen LogP contribution is 2.22. The minimum absolute atomic E-state index is 0.0717. The van der Waals surface area contributed by atoms with Crippen LogP contribution in [0.15, 0.2) is 30.6 Å². The fourth-order valence-corrected chi connectivity index (χ4v) is 2.62. The number of nitrogens with zero attached hydrogens (tertiary/aromatic N) is 2. The number of ether oxygens (including phenoxy) is 1. The van der Waals surface area contributed by atoms with E-state index in [-0.39, 0.29) is 35.6 Å². The number of amides is 1. The minimum Gasteiger partial charge on any atom is -0.471 e. The first-order chi connectivity index (χ1) is 13.4. The zero-order valence-electron chi connectivity index (χ0n) is 15.3. The lowest BCUT2D eigenvalue weighted by atomic mass is 10.1. The molecule has 0 aromatic carbocycles. The van der Waals surface area contributed by atoms with Crippen LogP contribution < -0.4 is 10.1 Å². The van der Waals surface area contributed by atoms with Crippen molar-refractivity contribution >= 4 is 23.3 Å². The number of alkyl halides is 2. The lowest BCUT2D eigenvalue weighted by Gasteiger charge is -2.09. The summed E-state index contributed by atoms with van der Waals surface area (Å²) >= 11 is 5.95. The van der Waals surface area contributed by atoms with Gasteiger partial charge >= 0.3 is 0 Å². The second-order valence-corrected chi connectivity index (χ2v) is 6.42. The number of Topliss-reactive ketones (excluding diaryl/α,β-unsaturated/α-hetero) is 1. The molecular weight excluding hydrogens is 392 g/mol. The van der Waals surface area contributed by atoms with Crippen molar-refractivity contribution in [2.45, 2.75) is 39.2 Å². The van der Waals surface area contributed by atoms with Crippen molar-refractivity contribution in [2.75, 3.05) is 6.61 Å². The van der Waals surface area contributed by atoms with Gasteiger partial charge in [-0.1, -0.05) is 18.5 Å². The van der Waals surface area contributed by atoms with E-state index in [1.54, 1.807) is 12.1 Å². The third kappa shape index (κ3) is 6.84. The van der Waals surface area contributed by atoms with Gasteiger partial charge in [0, 0.05) is 43.0 Å². The molecule has 6 nitrogen and oxygen atoms in total. The summed E-state index contributed by atoms with van der Waals surface area (Å²) < 4.78 is 29.1. The highest BCUT2D eigenvalue weighted by atomic mass is 35.5. The highest BCUT2D eigenvalue weighted by Gasteiger charge is 2.12. The molecule has 0 bridgehead atoms. The van der Waals surface area contributed by atoms with E-state index in [2.05, 4.69) is 15.3 Å². The van der Waals surface area contributed by atoms with E-state index in [9.17, 15) is 18.4 Å². The fraction of sp³-hybridized carbons (Fsp3) is 0.368. The Balaban J connectivity index is 1.95. The molecule has 1 N–H and O–H groups in total. The van der Waals surface area contributed by atoms with Crippen molar-refractivity contribution < 1.29 is 23.1 Å². The van der Waals surface area contributed by atoms with Crippen molar-refractivity contribution in [1.82, 2.24) is 15.3 Å². The zero-order valence-corrected chi connectivity index (χ0v) is 16.0. The number of halogens is 3. The van der Waals surface area contributed by atoms with Gasteiger partial charge in [0.05, 0.1) is 0 Å². The van der Waals surface area contributed by atoms with Crippen molar-refractivity contribution in [2.24, 2.45) is 0 Å². The topological polar surface area (TPSA) is 81.2 Å². The number of aromatic nitrogens is 2. The van der Waals surface area contributed by atoms with E-state index in [0.29, 0.717) is 23.2 Å². The average Bonchev–Trinajstić information content (AvgIpc) is 2.65. The van der Waals surface area contributed by atoms with Crippen LogP contribution in [0.4, 0.5) is 8.78 Å². The minimum atomic E-state index is -2.63. The molecule has 0 saturated heterocycles. The Kier molecular flexibility index (Phi) is 8.25. The third-order valence-corrected chi connectivity index (χ3v) is 3.92. The predicted molar refractivity (Wildman–Crippen MR) is 99.8 cm³/mol. The lowest BCUT2D eigenvalue weighted by Crippen LogP contribution is -2.23. The molecule has 150 valence electrons. The normalized spacial score (nSPS) is 10.8. The number of carbonyl (C=O) groups excluding carboxylic acids is 2. The number of pyridine rings is 2. The maximum absolute atomic E-state index is 12.3. The first-order valence-electron chi connectivity index (χ1n) is 8.69. The number of hydrogen-bond donors (Lipinski definition) is 1. The molecule has 0 radical (unpaired) electrons. The standard InChI is InChI=1S/C19H20ClF2N3O3/c1-2-3-15(26)8-14-7-13(4-5-23-14)18(27)24-9-12-6-16(20)19(25-10-12)28-11-17(21)22/h4-7,10,17H,2-3,8-9,11H2,1H3,(H,24,27). The van der Waals surface area contributed by atoms with Gasteiger partial charge in [-0.05, 0) is 30.2 Å². The van der Waals surface area contributed by atoms with Crippen LogP contribution in [-0.2, 0) is 17.8 Å².